The molecule has 0 unspecified atom stereocenters. The molecule has 7 nitrogen and oxygen atoms in total. The molecule has 2 aromatic heterocycles. The number of aryl methyl sites for hydroxylation is 3. The van der Waals surface area contributed by atoms with E-state index in [9.17, 15) is 13.2 Å². The van der Waals surface area contributed by atoms with Gasteiger partial charge in [0.25, 0.3) is 0 Å². The molecule has 1 atom stereocenters. The van der Waals surface area contributed by atoms with Crippen LogP contribution in [0.4, 0.5) is 0 Å². The molecule has 0 aliphatic carbocycles. The van der Waals surface area contributed by atoms with Crippen molar-refractivity contribution >= 4 is 39.4 Å². The molecule has 1 N–H and O–H groups in total. The van der Waals surface area contributed by atoms with Gasteiger partial charge in [-0.2, -0.15) is 4.31 Å². The van der Waals surface area contributed by atoms with Crippen LogP contribution in [-0.4, -0.2) is 36.9 Å². The van der Waals surface area contributed by atoms with Crippen molar-refractivity contribution in [2.24, 2.45) is 5.92 Å². The Kier molecular flexibility index (Phi) is 7.35. The van der Waals surface area contributed by atoms with E-state index in [1.54, 1.807) is 24.3 Å². The van der Waals surface area contributed by atoms with E-state index in [-0.39, 0.29) is 23.1 Å². The van der Waals surface area contributed by atoms with Crippen molar-refractivity contribution in [2.75, 3.05) is 13.1 Å². The highest BCUT2D eigenvalue weighted by atomic mass is 32.2. The first kappa shape index (κ1) is 24.4. The SMILES string of the molecule is Cc1ccc(C)c(/C=C/c2onc(C)c2S(=O)(=O)N2CCC[C@H](C(=O)NCc3cccs3)C2)c1. The second kappa shape index (κ2) is 10.2. The summed E-state index contributed by atoms with van der Waals surface area (Å²) in [5.41, 5.74) is 3.49. The van der Waals surface area contributed by atoms with Gasteiger partial charge in [0, 0.05) is 18.0 Å². The van der Waals surface area contributed by atoms with Crippen LogP contribution >= 0.6 is 11.3 Å². The van der Waals surface area contributed by atoms with Crippen LogP contribution in [0.15, 0.2) is 45.1 Å². The molecule has 9 heteroatoms. The normalized spacial score (nSPS) is 17.3. The number of benzene rings is 1. The maximum Gasteiger partial charge on any atom is 0.248 e. The van der Waals surface area contributed by atoms with Gasteiger partial charge in [-0.3, -0.25) is 4.79 Å². The molecule has 1 aromatic carbocycles. The fraction of sp³-hybridized carbons (Fsp3) is 0.360. The van der Waals surface area contributed by atoms with Crippen molar-refractivity contribution in [1.29, 1.82) is 0 Å². The third kappa shape index (κ3) is 5.32. The highest BCUT2D eigenvalue weighted by molar-refractivity contribution is 7.89. The molecule has 1 aliphatic heterocycles. The number of nitrogens with zero attached hydrogens (tertiary/aromatic N) is 2. The van der Waals surface area contributed by atoms with Crippen LogP contribution in [0.5, 0.6) is 0 Å². The van der Waals surface area contributed by atoms with Crippen LogP contribution in [-0.2, 0) is 21.4 Å². The largest absolute Gasteiger partial charge is 0.355 e. The van der Waals surface area contributed by atoms with Gasteiger partial charge in [-0.25, -0.2) is 8.42 Å². The second-order valence-electron chi connectivity index (χ2n) is 8.65. The predicted molar refractivity (Wildman–Crippen MR) is 134 cm³/mol. The number of rotatable bonds is 7. The molecule has 1 aliphatic rings. The van der Waals surface area contributed by atoms with Crippen molar-refractivity contribution in [2.45, 2.75) is 45.1 Å². The first-order valence-corrected chi connectivity index (χ1v) is 13.6. The third-order valence-electron chi connectivity index (χ3n) is 6.05. The molecule has 0 radical (unpaired) electrons. The van der Waals surface area contributed by atoms with E-state index in [0.717, 1.165) is 21.6 Å². The van der Waals surface area contributed by atoms with Gasteiger partial charge in [-0.1, -0.05) is 41.1 Å². The summed E-state index contributed by atoms with van der Waals surface area (Å²) in [4.78, 5) is 13.9. The lowest BCUT2D eigenvalue weighted by Gasteiger charge is -2.31. The van der Waals surface area contributed by atoms with E-state index >= 15 is 0 Å². The second-order valence-corrected chi connectivity index (χ2v) is 11.6. The molecule has 1 saturated heterocycles. The van der Waals surface area contributed by atoms with Gasteiger partial charge in [-0.15, -0.1) is 11.3 Å². The molecule has 1 amide bonds. The van der Waals surface area contributed by atoms with E-state index in [0.29, 0.717) is 31.6 Å². The highest BCUT2D eigenvalue weighted by Gasteiger charge is 2.36. The number of piperidine rings is 1. The topological polar surface area (TPSA) is 92.5 Å². The number of hydrogen-bond acceptors (Lipinski definition) is 6. The van der Waals surface area contributed by atoms with Crippen molar-refractivity contribution in [3.63, 3.8) is 0 Å². The maximum atomic E-state index is 13.6. The van der Waals surface area contributed by atoms with Crippen LogP contribution in [0, 0.1) is 26.7 Å². The molecule has 34 heavy (non-hydrogen) atoms. The smallest absolute Gasteiger partial charge is 0.248 e. The van der Waals surface area contributed by atoms with E-state index in [1.807, 2.05) is 55.6 Å². The van der Waals surface area contributed by atoms with Crippen molar-refractivity contribution in [3.05, 3.63) is 68.7 Å². The zero-order chi connectivity index (χ0) is 24.3. The van der Waals surface area contributed by atoms with Crippen LogP contribution in [0.1, 0.15) is 45.9 Å². The number of carbonyl (C=O) groups excluding carboxylic acids is 1. The molecule has 1 fully saturated rings. The Morgan fingerprint density at radius 1 is 1.26 bits per heavy atom. The van der Waals surface area contributed by atoms with Gasteiger partial charge in [0.1, 0.15) is 5.69 Å². The minimum atomic E-state index is -3.88. The average Bonchev–Trinajstić information content (AvgIpc) is 3.48. The molecular formula is C25H29N3O4S2. The zero-order valence-electron chi connectivity index (χ0n) is 19.6. The Hall–Kier alpha value is -2.75. The minimum absolute atomic E-state index is 0.0636. The predicted octanol–water partition coefficient (Wildman–Crippen LogP) is 4.55. The van der Waals surface area contributed by atoms with Crippen molar-refractivity contribution in [3.8, 4) is 0 Å². The van der Waals surface area contributed by atoms with Crippen LogP contribution in [0.2, 0.25) is 0 Å². The summed E-state index contributed by atoms with van der Waals surface area (Å²) < 4.78 is 34.0. The fourth-order valence-corrected chi connectivity index (χ4v) is 6.56. The summed E-state index contributed by atoms with van der Waals surface area (Å²) in [5, 5.41) is 8.83. The molecule has 3 heterocycles. The highest BCUT2D eigenvalue weighted by Crippen LogP contribution is 2.29. The van der Waals surface area contributed by atoms with E-state index in [1.165, 1.54) is 4.31 Å². The molecule has 3 aromatic rings. The molecule has 0 spiro atoms. The van der Waals surface area contributed by atoms with Crippen molar-refractivity contribution < 1.29 is 17.7 Å². The third-order valence-corrected chi connectivity index (χ3v) is 8.95. The van der Waals surface area contributed by atoms with Gasteiger partial charge in [-0.05, 0) is 62.3 Å². The molecule has 4 rings (SSSR count). The Morgan fingerprint density at radius 3 is 2.85 bits per heavy atom. The molecule has 0 saturated carbocycles. The Morgan fingerprint density at radius 2 is 2.09 bits per heavy atom. The summed E-state index contributed by atoms with van der Waals surface area (Å²) in [5.74, 6) is -0.314. The lowest BCUT2D eigenvalue weighted by atomic mass is 9.99. The van der Waals surface area contributed by atoms with Crippen LogP contribution < -0.4 is 5.32 Å². The van der Waals surface area contributed by atoms with Crippen LogP contribution in [0.3, 0.4) is 0 Å². The standard InChI is InChI=1S/C25H29N3O4S2/c1-17-8-9-18(2)20(14-17)10-11-23-24(19(3)27-32-23)34(30,31)28-12-4-6-21(16-28)25(29)26-15-22-7-5-13-33-22/h5,7-11,13-14,21H,4,6,12,15-16H2,1-3H3,(H,26,29)/b11-10+/t21-/m0/s1. The quantitative estimate of drug-likeness (QED) is 0.515. The lowest BCUT2D eigenvalue weighted by molar-refractivity contribution is -0.126. The van der Waals surface area contributed by atoms with Gasteiger partial charge in [0.2, 0.25) is 15.9 Å². The first-order valence-electron chi connectivity index (χ1n) is 11.3. The van der Waals surface area contributed by atoms with E-state index < -0.39 is 15.9 Å². The number of amides is 1. The number of hydrogen-bond donors (Lipinski definition) is 1. The van der Waals surface area contributed by atoms with Gasteiger partial charge < -0.3 is 9.84 Å². The summed E-state index contributed by atoms with van der Waals surface area (Å²) in [6.07, 6.45) is 4.78. The molecule has 180 valence electrons. The Bertz CT molecular complexity index is 1290. The molecule has 0 bridgehead atoms. The number of sulfonamides is 1. The lowest BCUT2D eigenvalue weighted by Crippen LogP contribution is -2.45. The zero-order valence-corrected chi connectivity index (χ0v) is 21.2. The number of thiophene rings is 1. The summed E-state index contributed by atoms with van der Waals surface area (Å²) in [7, 11) is -3.88. The number of carbonyl (C=O) groups is 1. The van der Waals surface area contributed by atoms with E-state index in [4.69, 9.17) is 4.52 Å². The van der Waals surface area contributed by atoms with E-state index in [2.05, 4.69) is 10.5 Å². The summed E-state index contributed by atoms with van der Waals surface area (Å²) in [6.45, 7) is 6.60. The summed E-state index contributed by atoms with van der Waals surface area (Å²) in [6, 6.07) is 9.99. The van der Waals surface area contributed by atoms with Gasteiger partial charge >= 0.3 is 0 Å². The monoisotopic (exact) mass is 499 g/mol. The average molecular weight is 500 g/mol. The van der Waals surface area contributed by atoms with Gasteiger partial charge in [0.05, 0.1) is 12.5 Å². The molecular weight excluding hydrogens is 470 g/mol. The fourth-order valence-electron chi connectivity index (χ4n) is 4.14. The Labute approximate surface area is 204 Å². The summed E-state index contributed by atoms with van der Waals surface area (Å²) >= 11 is 1.58. The van der Waals surface area contributed by atoms with Crippen molar-refractivity contribution in [1.82, 2.24) is 14.8 Å². The van der Waals surface area contributed by atoms with Gasteiger partial charge in [0.15, 0.2) is 10.7 Å². The first-order chi connectivity index (χ1) is 16.3. The number of nitrogens with one attached hydrogen (secondary N) is 1. The van der Waals surface area contributed by atoms with Crippen LogP contribution in [0.25, 0.3) is 12.2 Å². The minimum Gasteiger partial charge on any atom is -0.355 e. The maximum absolute atomic E-state index is 13.6. The Balaban J connectivity index is 1.52. The number of aromatic nitrogens is 1.